The summed E-state index contributed by atoms with van der Waals surface area (Å²) >= 11 is 4.06. The number of thiazole rings is 1. The van der Waals surface area contributed by atoms with Gasteiger partial charge in [-0.25, -0.2) is 4.98 Å². The summed E-state index contributed by atoms with van der Waals surface area (Å²) in [4.78, 5) is 9.06. The summed E-state index contributed by atoms with van der Waals surface area (Å²) in [6.45, 7) is 2.12. The average molecular weight is 402 g/mol. The summed E-state index contributed by atoms with van der Waals surface area (Å²) in [5.74, 6) is 0. The number of nitrogens with zero attached hydrogens (tertiary/aromatic N) is 2. The summed E-state index contributed by atoms with van der Waals surface area (Å²) in [6.07, 6.45) is 1.86. The first kappa shape index (κ1) is 13.2. The zero-order valence-electron chi connectivity index (χ0n) is 11.3. The van der Waals surface area contributed by atoms with Gasteiger partial charge in [-0.2, -0.15) is 0 Å². The van der Waals surface area contributed by atoms with Crippen molar-refractivity contribution >= 4 is 55.0 Å². The zero-order chi connectivity index (χ0) is 14.4. The van der Waals surface area contributed by atoms with Gasteiger partial charge in [-0.3, -0.25) is 4.98 Å². The maximum absolute atomic E-state index is 4.60. The Morgan fingerprint density at radius 1 is 1.05 bits per heavy atom. The monoisotopic (exact) mass is 402 g/mol. The Morgan fingerprint density at radius 2 is 1.95 bits per heavy atom. The Kier molecular flexibility index (Phi) is 3.15. The third-order valence-corrected chi connectivity index (χ3v) is 5.03. The zero-order valence-corrected chi connectivity index (χ0v) is 14.3. The highest BCUT2D eigenvalue weighted by atomic mass is 127. The second-order valence-corrected chi connectivity index (χ2v) is 7.14. The van der Waals surface area contributed by atoms with Gasteiger partial charge in [-0.1, -0.05) is 6.07 Å². The minimum atomic E-state index is 1.05. The Morgan fingerprint density at radius 3 is 2.86 bits per heavy atom. The molecule has 0 aliphatic carbocycles. The summed E-state index contributed by atoms with van der Waals surface area (Å²) in [5.41, 5.74) is 7.68. The van der Waals surface area contributed by atoms with Gasteiger partial charge in [-0.05, 0) is 65.4 Å². The molecular weight excluding hydrogens is 391 g/mol. The Bertz CT molecular complexity index is 975. The molecule has 0 saturated heterocycles. The fraction of sp³-hybridized carbons (Fsp3) is 0.0588. The molecular formula is C17H11IN2S. The lowest BCUT2D eigenvalue weighted by atomic mass is 10.00. The van der Waals surface area contributed by atoms with Crippen molar-refractivity contribution < 1.29 is 0 Å². The molecule has 0 bridgehead atoms. The van der Waals surface area contributed by atoms with Crippen molar-refractivity contribution in [3.05, 3.63) is 57.2 Å². The van der Waals surface area contributed by atoms with Crippen molar-refractivity contribution in [1.82, 2.24) is 9.97 Å². The van der Waals surface area contributed by atoms with E-state index in [4.69, 9.17) is 0 Å². The number of hydrogen-bond acceptors (Lipinski definition) is 3. The van der Waals surface area contributed by atoms with Crippen LogP contribution in [0.15, 0.2) is 48.1 Å². The molecule has 0 N–H and O–H groups in total. The Labute approximate surface area is 140 Å². The number of benzene rings is 2. The summed E-state index contributed by atoms with van der Waals surface area (Å²) in [6, 6.07) is 12.9. The topological polar surface area (TPSA) is 25.8 Å². The molecule has 4 heteroatoms. The summed E-state index contributed by atoms with van der Waals surface area (Å²) in [5, 5.41) is 1.18. The molecule has 0 radical (unpaired) electrons. The van der Waals surface area contributed by atoms with Crippen LogP contribution in [0.5, 0.6) is 0 Å². The predicted octanol–water partition coefficient (Wildman–Crippen LogP) is 5.42. The molecule has 0 amide bonds. The Balaban J connectivity index is 2.16. The van der Waals surface area contributed by atoms with E-state index in [0.29, 0.717) is 0 Å². The number of rotatable bonds is 1. The molecule has 0 atom stereocenters. The first-order valence-corrected chi connectivity index (χ1v) is 8.57. The maximum Gasteiger partial charge on any atom is 0.0821 e. The molecule has 4 aromatic rings. The van der Waals surface area contributed by atoms with Crippen LogP contribution in [0.25, 0.3) is 32.2 Å². The molecule has 0 aliphatic heterocycles. The number of pyridine rings is 1. The van der Waals surface area contributed by atoms with E-state index in [1.54, 1.807) is 11.3 Å². The SMILES string of the molecule is Cc1cc(-c2cc(I)cc3cccnc23)c2scnc2c1. The van der Waals surface area contributed by atoms with Crippen molar-refractivity contribution in [3.8, 4) is 11.1 Å². The van der Waals surface area contributed by atoms with Gasteiger partial charge in [0, 0.05) is 26.3 Å². The number of aryl methyl sites for hydroxylation is 1. The summed E-state index contributed by atoms with van der Waals surface area (Å²) < 4.78 is 2.46. The minimum Gasteiger partial charge on any atom is -0.256 e. The fourth-order valence-corrected chi connectivity index (χ4v) is 4.12. The van der Waals surface area contributed by atoms with Crippen molar-refractivity contribution in [2.75, 3.05) is 0 Å². The standard InChI is InChI=1S/C17H11IN2S/c1-10-5-14(17-15(6-10)20-9-21-17)13-8-12(18)7-11-3-2-4-19-16(11)13/h2-9H,1H3. The molecule has 2 nitrogen and oxygen atoms in total. The van der Waals surface area contributed by atoms with E-state index in [1.165, 1.54) is 30.3 Å². The first-order valence-electron chi connectivity index (χ1n) is 6.61. The Hall–Kier alpha value is -1.53. The highest BCUT2D eigenvalue weighted by Crippen LogP contribution is 2.36. The maximum atomic E-state index is 4.60. The van der Waals surface area contributed by atoms with E-state index in [9.17, 15) is 0 Å². The second-order valence-electron chi connectivity index (χ2n) is 5.04. The molecule has 2 aromatic heterocycles. The lowest BCUT2D eigenvalue weighted by molar-refractivity contribution is 1.40. The normalized spacial score (nSPS) is 11.3. The molecule has 0 spiro atoms. The molecule has 0 aliphatic rings. The van der Waals surface area contributed by atoms with Crippen LogP contribution >= 0.6 is 33.9 Å². The van der Waals surface area contributed by atoms with Gasteiger partial charge in [0.1, 0.15) is 0 Å². The van der Waals surface area contributed by atoms with E-state index in [0.717, 1.165) is 11.0 Å². The van der Waals surface area contributed by atoms with Gasteiger partial charge >= 0.3 is 0 Å². The highest BCUT2D eigenvalue weighted by Gasteiger charge is 2.12. The molecule has 2 heterocycles. The van der Waals surface area contributed by atoms with Crippen molar-refractivity contribution in [2.24, 2.45) is 0 Å². The third-order valence-electron chi connectivity index (χ3n) is 3.54. The van der Waals surface area contributed by atoms with E-state index < -0.39 is 0 Å². The number of hydrogen-bond donors (Lipinski definition) is 0. The number of aromatic nitrogens is 2. The third kappa shape index (κ3) is 2.22. The largest absolute Gasteiger partial charge is 0.256 e. The smallest absolute Gasteiger partial charge is 0.0821 e. The van der Waals surface area contributed by atoms with Crippen LogP contribution in [0.1, 0.15) is 5.56 Å². The molecule has 0 unspecified atom stereocenters. The van der Waals surface area contributed by atoms with Crippen LogP contribution < -0.4 is 0 Å². The molecule has 4 rings (SSSR count). The van der Waals surface area contributed by atoms with Crippen LogP contribution in [-0.2, 0) is 0 Å². The van der Waals surface area contributed by atoms with Gasteiger partial charge < -0.3 is 0 Å². The van der Waals surface area contributed by atoms with Gasteiger partial charge in [0.15, 0.2) is 0 Å². The fourth-order valence-electron chi connectivity index (χ4n) is 2.67. The van der Waals surface area contributed by atoms with Crippen LogP contribution in [0.2, 0.25) is 0 Å². The van der Waals surface area contributed by atoms with E-state index in [1.807, 2.05) is 17.8 Å². The van der Waals surface area contributed by atoms with Gasteiger partial charge in [0.05, 0.1) is 21.2 Å². The molecule has 0 saturated carbocycles. The lowest BCUT2D eigenvalue weighted by Gasteiger charge is -2.09. The molecule has 0 fully saturated rings. The quantitative estimate of drug-likeness (QED) is 0.397. The first-order chi connectivity index (χ1) is 10.2. The van der Waals surface area contributed by atoms with Crippen LogP contribution in [0.3, 0.4) is 0 Å². The van der Waals surface area contributed by atoms with Crippen LogP contribution in [0.4, 0.5) is 0 Å². The number of halogens is 1. The highest BCUT2D eigenvalue weighted by molar-refractivity contribution is 14.1. The van der Waals surface area contributed by atoms with Crippen LogP contribution in [0, 0.1) is 10.5 Å². The van der Waals surface area contributed by atoms with Gasteiger partial charge in [-0.15, -0.1) is 11.3 Å². The molecule has 2 aromatic carbocycles. The van der Waals surface area contributed by atoms with Crippen molar-refractivity contribution in [1.29, 1.82) is 0 Å². The van der Waals surface area contributed by atoms with Crippen LogP contribution in [-0.4, -0.2) is 9.97 Å². The number of fused-ring (bicyclic) bond motifs is 2. The van der Waals surface area contributed by atoms with Crippen molar-refractivity contribution in [2.45, 2.75) is 6.92 Å². The van der Waals surface area contributed by atoms with Gasteiger partial charge in [0.25, 0.3) is 0 Å². The van der Waals surface area contributed by atoms with Crippen molar-refractivity contribution in [3.63, 3.8) is 0 Å². The molecule has 102 valence electrons. The lowest BCUT2D eigenvalue weighted by Crippen LogP contribution is -1.88. The predicted molar refractivity (Wildman–Crippen MR) is 97.8 cm³/mol. The van der Waals surface area contributed by atoms with E-state index in [2.05, 4.69) is 69.8 Å². The minimum absolute atomic E-state index is 1.05. The van der Waals surface area contributed by atoms with Gasteiger partial charge in [0.2, 0.25) is 0 Å². The average Bonchev–Trinajstić information content (AvgIpc) is 2.93. The summed E-state index contributed by atoms with van der Waals surface area (Å²) in [7, 11) is 0. The van der Waals surface area contributed by atoms with E-state index in [-0.39, 0.29) is 0 Å². The van der Waals surface area contributed by atoms with E-state index >= 15 is 0 Å². The molecule has 21 heavy (non-hydrogen) atoms. The second kappa shape index (κ2) is 5.03.